The van der Waals surface area contributed by atoms with Crippen molar-refractivity contribution in [3.05, 3.63) is 199 Å². The first kappa shape index (κ1) is 29.1. The molecule has 8 aromatic rings. The largest absolute Gasteiger partial charge is 0.309 e. The zero-order valence-corrected chi connectivity index (χ0v) is 26.2. The highest BCUT2D eigenvalue weighted by Crippen LogP contribution is 2.35. The van der Waals surface area contributed by atoms with Crippen molar-refractivity contribution in [3.63, 3.8) is 0 Å². The van der Waals surface area contributed by atoms with Crippen LogP contribution in [-0.2, 0) is 12.8 Å². The van der Waals surface area contributed by atoms with Crippen LogP contribution in [0.3, 0.4) is 0 Å². The normalized spacial score (nSPS) is 10.9. The summed E-state index contributed by atoms with van der Waals surface area (Å²) in [5, 5.41) is 2.58. The first-order chi connectivity index (χ1) is 22.7. The third-order valence-electron chi connectivity index (χ3n) is 8.68. The number of aryl methyl sites for hydroxylation is 3. The molecule has 0 saturated heterocycles. The van der Waals surface area contributed by atoms with Gasteiger partial charge in [-0.3, -0.25) is 0 Å². The second-order valence-corrected chi connectivity index (χ2v) is 11.8. The van der Waals surface area contributed by atoms with Crippen LogP contribution in [0, 0.1) is 6.92 Å². The zero-order chi connectivity index (χ0) is 31.1. The lowest BCUT2D eigenvalue weighted by Crippen LogP contribution is -1.93. The lowest BCUT2D eigenvalue weighted by atomic mass is 9.99. The van der Waals surface area contributed by atoms with Crippen LogP contribution >= 0.6 is 0 Å². The molecule has 0 fully saturated rings. The maximum Gasteiger partial charge on any atom is 0.0541 e. The Hall–Kier alpha value is -5.66. The Kier molecular flexibility index (Phi) is 8.56. The molecule has 0 bridgehead atoms. The molecule has 1 nitrogen and oxygen atoms in total. The molecule has 0 aliphatic heterocycles. The van der Waals surface area contributed by atoms with Crippen LogP contribution in [0.5, 0.6) is 0 Å². The molecule has 0 aliphatic carbocycles. The first-order valence-corrected chi connectivity index (χ1v) is 16.1. The Balaban J connectivity index is 0.000000218. The Morgan fingerprint density at radius 3 is 1.54 bits per heavy atom. The molecule has 0 aliphatic rings. The molecule has 46 heavy (non-hydrogen) atoms. The fourth-order valence-corrected chi connectivity index (χ4v) is 6.18. The van der Waals surface area contributed by atoms with E-state index in [4.69, 9.17) is 0 Å². The number of benzene rings is 7. The minimum Gasteiger partial charge on any atom is -0.309 e. The summed E-state index contributed by atoms with van der Waals surface area (Å²) < 4.78 is 2.36. The van der Waals surface area contributed by atoms with Gasteiger partial charge in [-0.15, -0.1) is 0 Å². The summed E-state index contributed by atoms with van der Waals surface area (Å²) in [5.74, 6) is 0. The summed E-state index contributed by atoms with van der Waals surface area (Å²) in [6.07, 6.45) is 2.14. The van der Waals surface area contributed by atoms with Gasteiger partial charge in [-0.1, -0.05) is 157 Å². The van der Waals surface area contributed by atoms with Gasteiger partial charge in [0.1, 0.15) is 0 Å². The predicted octanol–water partition coefficient (Wildman–Crippen LogP) is 11.9. The van der Waals surface area contributed by atoms with Crippen molar-refractivity contribution in [1.82, 2.24) is 4.57 Å². The summed E-state index contributed by atoms with van der Waals surface area (Å²) in [7, 11) is 0. The third-order valence-corrected chi connectivity index (χ3v) is 8.68. The highest BCUT2D eigenvalue weighted by Gasteiger charge is 2.12. The van der Waals surface area contributed by atoms with Crippen molar-refractivity contribution >= 4 is 21.8 Å². The number of nitrogens with zero attached hydrogens (tertiary/aromatic N) is 1. The van der Waals surface area contributed by atoms with E-state index in [-0.39, 0.29) is 0 Å². The smallest absolute Gasteiger partial charge is 0.0541 e. The molecule has 0 N–H and O–H groups in total. The zero-order valence-electron chi connectivity index (χ0n) is 26.2. The number of fused-ring (bicyclic) bond motifs is 3. The van der Waals surface area contributed by atoms with Gasteiger partial charge in [-0.25, -0.2) is 0 Å². The average Bonchev–Trinajstić information content (AvgIpc) is 3.46. The van der Waals surface area contributed by atoms with Gasteiger partial charge in [0.2, 0.25) is 0 Å². The molecular weight excluding hydrogens is 555 g/mol. The van der Waals surface area contributed by atoms with E-state index >= 15 is 0 Å². The number of hydrogen-bond acceptors (Lipinski definition) is 0. The van der Waals surface area contributed by atoms with Crippen LogP contribution in [0.2, 0.25) is 0 Å². The number of hydrogen-bond donors (Lipinski definition) is 0. The van der Waals surface area contributed by atoms with Crippen molar-refractivity contribution < 1.29 is 0 Å². The molecule has 0 amide bonds. The van der Waals surface area contributed by atoms with E-state index in [2.05, 4.69) is 187 Å². The average molecular weight is 592 g/mol. The van der Waals surface area contributed by atoms with E-state index in [1.807, 2.05) is 6.07 Å². The topological polar surface area (TPSA) is 4.93 Å². The molecule has 8 rings (SSSR count). The first-order valence-electron chi connectivity index (χ1n) is 16.1. The van der Waals surface area contributed by atoms with Crippen LogP contribution in [0.25, 0.3) is 49.7 Å². The highest BCUT2D eigenvalue weighted by atomic mass is 15.0. The van der Waals surface area contributed by atoms with Gasteiger partial charge in [0, 0.05) is 16.5 Å². The van der Waals surface area contributed by atoms with Crippen molar-refractivity contribution in [3.8, 4) is 27.9 Å². The Morgan fingerprint density at radius 2 is 0.848 bits per heavy atom. The molecule has 0 atom stereocenters. The summed E-state index contributed by atoms with van der Waals surface area (Å²) in [4.78, 5) is 0. The Labute approximate surface area is 272 Å². The molecular formula is C45H37N. The van der Waals surface area contributed by atoms with Gasteiger partial charge in [0.25, 0.3) is 0 Å². The molecule has 0 unspecified atom stereocenters. The molecule has 0 radical (unpaired) electrons. The second-order valence-electron chi connectivity index (χ2n) is 11.8. The molecule has 7 aromatic carbocycles. The fourth-order valence-electron chi connectivity index (χ4n) is 6.18. The van der Waals surface area contributed by atoms with E-state index < -0.39 is 0 Å². The number of aromatic nitrogens is 1. The predicted molar refractivity (Wildman–Crippen MR) is 197 cm³/mol. The quantitative estimate of drug-likeness (QED) is 0.181. The Morgan fingerprint density at radius 1 is 0.370 bits per heavy atom. The van der Waals surface area contributed by atoms with Crippen LogP contribution in [-0.4, -0.2) is 4.57 Å². The van der Waals surface area contributed by atoms with Crippen molar-refractivity contribution in [2.24, 2.45) is 0 Å². The van der Waals surface area contributed by atoms with E-state index in [1.165, 1.54) is 66.4 Å². The standard InChI is InChI=1S/C32H25N.C13H12/c1-3-9-24(10-4-1)15-16-25-17-19-26(20-18-25)27-21-22-32-30(23-27)29-13-7-8-14-31(29)33(32)28-11-5-2-6-12-28;1-11-7-9-13(10-8-11)12-5-3-2-4-6-12/h1-14,17-23H,15-16H2;2-10H,1H3. The van der Waals surface area contributed by atoms with Crippen LogP contribution in [0.1, 0.15) is 16.7 Å². The summed E-state index contributed by atoms with van der Waals surface area (Å²) in [6.45, 7) is 2.11. The van der Waals surface area contributed by atoms with Gasteiger partial charge in [0.05, 0.1) is 11.0 Å². The van der Waals surface area contributed by atoms with Crippen LogP contribution in [0.15, 0.2) is 182 Å². The van der Waals surface area contributed by atoms with E-state index in [1.54, 1.807) is 0 Å². The van der Waals surface area contributed by atoms with Crippen molar-refractivity contribution in [2.75, 3.05) is 0 Å². The molecule has 1 aromatic heterocycles. The second kappa shape index (κ2) is 13.5. The highest BCUT2D eigenvalue weighted by molar-refractivity contribution is 6.10. The summed E-state index contributed by atoms with van der Waals surface area (Å²) in [6, 6.07) is 65.0. The van der Waals surface area contributed by atoms with Gasteiger partial charge in [0.15, 0.2) is 0 Å². The lowest BCUT2D eigenvalue weighted by Gasteiger charge is -2.08. The maximum absolute atomic E-state index is 2.36. The van der Waals surface area contributed by atoms with Gasteiger partial charge >= 0.3 is 0 Å². The lowest BCUT2D eigenvalue weighted by molar-refractivity contribution is 0.960. The summed E-state index contributed by atoms with van der Waals surface area (Å²) >= 11 is 0. The number of rotatable bonds is 6. The van der Waals surface area contributed by atoms with Crippen LogP contribution in [0.4, 0.5) is 0 Å². The number of para-hydroxylation sites is 2. The molecule has 1 heterocycles. The van der Waals surface area contributed by atoms with Gasteiger partial charge < -0.3 is 4.57 Å². The fraction of sp³-hybridized carbons (Fsp3) is 0.0667. The third kappa shape index (κ3) is 6.41. The minimum absolute atomic E-state index is 1.06. The Bertz CT molecular complexity index is 2160. The summed E-state index contributed by atoms with van der Waals surface area (Å²) in [5.41, 5.74) is 12.8. The molecule has 1 heteroatoms. The van der Waals surface area contributed by atoms with E-state index in [0.717, 1.165) is 12.8 Å². The molecule has 222 valence electrons. The van der Waals surface area contributed by atoms with E-state index in [0.29, 0.717) is 0 Å². The van der Waals surface area contributed by atoms with Gasteiger partial charge in [-0.2, -0.15) is 0 Å². The SMILES string of the molecule is Cc1ccc(-c2ccccc2)cc1.c1ccc(CCc2ccc(-c3ccc4c(c3)c3ccccc3n4-c3ccccc3)cc2)cc1. The van der Waals surface area contributed by atoms with E-state index in [9.17, 15) is 0 Å². The van der Waals surface area contributed by atoms with Crippen molar-refractivity contribution in [1.29, 1.82) is 0 Å². The van der Waals surface area contributed by atoms with Crippen LogP contribution < -0.4 is 0 Å². The maximum atomic E-state index is 2.36. The minimum atomic E-state index is 1.06. The van der Waals surface area contributed by atoms with Crippen molar-refractivity contribution in [2.45, 2.75) is 19.8 Å². The molecule has 0 spiro atoms. The monoisotopic (exact) mass is 591 g/mol. The molecule has 0 saturated carbocycles. The van der Waals surface area contributed by atoms with Gasteiger partial charge in [-0.05, 0) is 83.5 Å².